The van der Waals surface area contributed by atoms with Crippen molar-refractivity contribution >= 4 is 27.5 Å². The summed E-state index contributed by atoms with van der Waals surface area (Å²) in [7, 11) is -3.62. The van der Waals surface area contributed by atoms with Crippen molar-refractivity contribution in [2.45, 2.75) is 58.4 Å². The van der Waals surface area contributed by atoms with E-state index in [2.05, 4.69) is 5.32 Å². The van der Waals surface area contributed by atoms with E-state index < -0.39 is 21.9 Å². The molecular formula is C27H38FN3O4S. The number of unbranched alkanes of at least 4 members (excludes halogenated alkanes) is 1. The number of nitrogens with one attached hydrogen (secondary N) is 1. The average molecular weight is 520 g/mol. The molecule has 0 heterocycles. The number of amides is 2. The van der Waals surface area contributed by atoms with Gasteiger partial charge in [-0.15, -0.1) is 0 Å². The van der Waals surface area contributed by atoms with Crippen LogP contribution in [0.2, 0.25) is 0 Å². The minimum Gasteiger partial charge on any atom is -0.354 e. The van der Waals surface area contributed by atoms with E-state index in [4.69, 9.17) is 0 Å². The quantitative estimate of drug-likeness (QED) is 0.359. The number of nitrogens with zero attached hydrogens (tertiary/aromatic N) is 2. The van der Waals surface area contributed by atoms with Crippen LogP contribution in [0, 0.1) is 5.82 Å². The van der Waals surface area contributed by atoms with E-state index in [1.165, 1.54) is 28.6 Å². The summed E-state index contributed by atoms with van der Waals surface area (Å²) in [4.78, 5) is 27.9. The first kappa shape index (κ1) is 29.3. The second-order valence-corrected chi connectivity index (χ2v) is 10.7. The molecule has 0 saturated heterocycles. The minimum atomic E-state index is -3.62. The first-order valence-corrected chi connectivity index (χ1v) is 14.4. The van der Waals surface area contributed by atoms with E-state index in [1.54, 1.807) is 4.90 Å². The van der Waals surface area contributed by atoms with Gasteiger partial charge >= 0.3 is 0 Å². The molecule has 2 amide bonds. The molecule has 0 spiro atoms. The van der Waals surface area contributed by atoms with Gasteiger partial charge in [-0.1, -0.05) is 50.6 Å². The van der Waals surface area contributed by atoms with Crippen LogP contribution in [-0.4, -0.2) is 57.1 Å². The Hall–Kier alpha value is -2.94. The van der Waals surface area contributed by atoms with Gasteiger partial charge in [0.1, 0.15) is 11.9 Å². The van der Waals surface area contributed by atoms with Gasteiger partial charge in [0.2, 0.25) is 21.8 Å². The fourth-order valence-electron chi connectivity index (χ4n) is 4.01. The highest BCUT2D eigenvalue weighted by molar-refractivity contribution is 7.92. The van der Waals surface area contributed by atoms with Crippen molar-refractivity contribution < 1.29 is 22.4 Å². The lowest BCUT2D eigenvalue weighted by atomic mass is 10.1. The summed E-state index contributed by atoms with van der Waals surface area (Å²) >= 11 is 0. The zero-order chi connectivity index (χ0) is 26.6. The number of hydrogen-bond acceptors (Lipinski definition) is 4. The molecule has 0 aliphatic rings. The van der Waals surface area contributed by atoms with Crippen LogP contribution in [0.4, 0.5) is 10.1 Å². The van der Waals surface area contributed by atoms with E-state index in [9.17, 15) is 22.4 Å². The van der Waals surface area contributed by atoms with Crippen LogP contribution >= 0.6 is 0 Å². The van der Waals surface area contributed by atoms with Crippen LogP contribution in [0.25, 0.3) is 0 Å². The minimum absolute atomic E-state index is 0.0716. The Morgan fingerprint density at radius 2 is 1.64 bits per heavy atom. The van der Waals surface area contributed by atoms with Crippen molar-refractivity contribution in [3.63, 3.8) is 0 Å². The van der Waals surface area contributed by atoms with Crippen molar-refractivity contribution in [2.75, 3.05) is 30.2 Å². The Labute approximate surface area is 214 Å². The topological polar surface area (TPSA) is 86.8 Å². The van der Waals surface area contributed by atoms with E-state index in [1.807, 2.05) is 44.2 Å². The molecule has 2 aromatic carbocycles. The molecule has 1 unspecified atom stereocenters. The van der Waals surface area contributed by atoms with Gasteiger partial charge in [-0.25, -0.2) is 12.8 Å². The third-order valence-electron chi connectivity index (χ3n) is 5.97. The molecule has 198 valence electrons. The number of rotatable bonds is 15. The predicted octanol–water partition coefficient (Wildman–Crippen LogP) is 4.14. The standard InChI is InChI=1S/C27H38FN3O4S/c1-4-6-19-29-27(33)25(5-2)30(21-18-22-11-8-7-9-12-22)26(32)13-10-20-31(36(3,34)35)24-16-14-23(28)15-17-24/h7-9,11-12,14-17,25H,4-6,10,13,18-21H2,1-3H3,(H,29,33). The van der Waals surface area contributed by atoms with Gasteiger partial charge in [-0.3, -0.25) is 13.9 Å². The van der Waals surface area contributed by atoms with Crippen molar-refractivity contribution in [1.29, 1.82) is 0 Å². The summed E-state index contributed by atoms with van der Waals surface area (Å²) in [5.41, 5.74) is 1.41. The molecule has 1 atom stereocenters. The van der Waals surface area contributed by atoms with Crippen molar-refractivity contribution in [3.05, 3.63) is 66.0 Å². The third kappa shape index (κ3) is 9.26. The van der Waals surface area contributed by atoms with Gasteiger partial charge < -0.3 is 10.2 Å². The number of benzene rings is 2. The van der Waals surface area contributed by atoms with Gasteiger partial charge in [-0.2, -0.15) is 0 Å². The Morgan fingerprint density at radius 1 is 0.972 bits per heavy atom. The highest BCUT2D eigenvalue weighted by atomic mass is 32.2. The summed E-state index contributed by atoms with van der Waals surface area (Å²) in [5.74, 6) is -0.827. The maximum atomic E-state index is 13.3. The number of halogens is 1. The number of sulfonamides is 1. The molecule has 2 aromatic rings. The molecule has 7 nitrogen and oxygen atoms in total. The lowest BCUT2D eigenvalue weighted by molar-refractivity contribution is -0.140. The average Bonchev–Trinajstić information content (AvgIpc) is 2.85. The molecule has 0 bridgehead atoms. The SMILES string of the molecule is CCCCNC(=O)C(CC)N(CCc1ccccc1)C(=O)CCCN(c1ccc(F)cc1)S(C)(=O)=O. The molecule has 1 N–H and O–H groups in total. The van der Waals surface area contributed by atoms with Crippen LogP contribution in [-0.2, 0) is 26.0 Å². The zero-order valence-electron chi connectivity index (χ0n) is 21.5. The monoisotopic (exact) mass is 519 g/mol. The maximum absolute atomic E-state index is 13.3. The molecule has 2 rings (SSSR count). The smallest absolute Gasteiger partial charge is 0.242 e. The Balaban J connectivity index is 2.12. The summed E-state index contributed by atoms with van der Waals surface area (Å²) in [6.07, 6.45) is 4.33. The van der Waals surface area contributed by atoms with Crippen molar-refractivity contribution in [1.82, 2.24) is 10.2 Å². The lowest BCUT2D eigenvalue weighted by Gasteiger charge is -2.31. The van der Waals surface area contributed by atoms with Crippen LogP contribution in [0.1, 0.15) is 51.5 Å². The molecule has 0 saturated carbocycles. The number of carbonyl (C=O) groups excluding carboxylic acids is 2. The first-order chi connectivity index (χ1) is 17.2. The van der Waals surface area contributed by atoms with E-state index in [-0.39, 0.29) is 31.2 Å². The molecular weight excluding hydrogens is 481 g/mol. The summed E-state index contributed by atoms with van der Waals surface area (Å²) in [5, 5.41) is 2.94. The maximum Gasteiger partial charge on any atom is 0.242 e. The van der Waals surface area contributed by atoms with Crippen LogP contribution in [0.5, 0.6) is 0 Å². The van der Waals surface area contributed by atoms with E-state index in [0.29, 0.717) is 31.6 Å². The number of hydrogen-bond donors (Lipinski definition) is 1. The van der Waals surface area contributed by atoms with Crippen molar-refractivity contribution in [3.8, 4) is 0 Å². The fraction of sp³-hybridized carbons (Fsp3) is 0.481. The predicted molar refractivity (Wildman–Crippen MR) is 142 cm³/mol. The summed E-state index contributed by atoms with van der Waals surface area (Å²) in [6.45, 7) is 4.95. The summed E-state index contributed by atoms with van der Waals surface area (Å²) in [6, 6.07) is 14.4. The van der Waals surface area contributed by atoms with Crippen LogP contribution in [0.3, 0.4) is 0 Å². The molecule has 0 aliphatic carbocycles. The van der Waals surface area contributed by atoms with Gasteiger partial charge in [-0.05, 0) is 55.5 Å². The Kier molecular flexibility index (Phi) is 11.9. The Morgan fingerprint density at radius 3 is 2.22 bits per heavy atom. The van der Waals surface area contributed by atoms with Gasteiger partial charge in [0.05, 0.1) is 11.9 Å². The first-order valence-electron chi connectivity index (χ1n) is 12.5. The van der Waals surface area contributed by atoms with Crippen LogP contribution in [0.15, 0.2) is 54.6 Å². The molecule has 0 fully saturated rings. The molecule has 0 aromatic heterocycles. The summed E-state index contributed by atoms with van der Waals surface area (Å²) < 4.78 is 39.2. The second-order valence-electron chi connectivity index (χ2n) is 8.81. The molecule has 0 aliphatic heterocycles. The van der Waals surface area contributed by atoms with Gasteiger partial charge in [0, 0.05) is 26.1 Å². The largest absolute Gasteiger partial charge is 0.354 e. The van der Waals surface area contributed by atoms with Gasteiger partial charge in [0.15, 0.2) is 0 Å². The Bertz CT molecular complexity index is 1060. The van der Waals surface area contributed by atoms with E-state index in [0.717, 1.165) is 24.7 Å². The highest BCUT2D eigenvalue weighted by Gasteiger charge is 2.28. The van der Waals surface area contributed by atoms with Crippen LogP contribution < -0.4 is 9.62 Å². The number of anilines is 1. The van der Waals surface area contributed by atoms with Gasteiger partial charge in [0.25, 0.3) is 0 Å². The second kappa shape index (κ2) is 14.6. The zero-order valence-corrected chi connectivity index (χ0v) is 22.3. The van der Waals surface area contributed by atoms with Crippen molar-refractivity contribution in [2.24, 2.45) is 0 Å². The number of carbonyl (C=O) groups is 2. The normalized spacial score (nSPS) is 12.1. The molecule has 36 heavy (non-hydrogen) atoms. The molecule has 9 heteroatoms. The molecule has 0 radical (unpaired) electrons. The third-order valence-corrected chi connectivity index (χ3v) is 7.16. The highest BCUT2D eigenvalue weighted by Crippen LogP contribution is 2.19. The lowest BCUT2D eigenvalue weighted by Crippen LogP contribution is -2.50. The fourth-order valence-corrected chi connectivity index (χ4v) is 4.98. The van der Waals surface area contributed by atoms with E-state index >= 15 is 0 Å².